The average Bonchev–Trinajstić information content (AvgIpc) is 3.34. The number of amides is 1. The van der Waals surface area contributed by atoms with E-state index in [4.69, 9.17) is 14.2 Å². The summed E-state index contributed by atoms with van der Waals surface area (Å²) in [4.78, 5) is 23.0. The predicted molar refractivity (Wildman–Crippen MR) is 80.0 cm³/mol. The molecule has 0 aliphatic heterocycles. The summed E-state index contributed by atoms with van der Waals surface area (Å²) in [5.74, 6) is 0.644. The van der Waals surface area contributed by atoms with Gasteiger partial charge in [0.05, 0.1) is 14.2 Å². The Morgan fingerprint density at radius 3 is 2.55 bits per heavy atom. The number of ether oxygens (including phenoxy) is 3. The van der Waals surface area contributed by atoms with E-state index in [0.717, 1.165) is 18.4 Å². The molecule has 2 rings (SSSR count). The standard InChI is InChI=1S/C16H21NO5/c1-20-13-7-3-11(9-14(13)21-2)4-8-16(19)22-10-15(18)17-12-5-6-12/h3,7,9,12H,4-6,8,10H2,1-2H3,(H,17,18). The Balaban J connectivity index is 1.74. The summed E-state index contributed by atoms with van der Waals surface area (Å²) in [5.41, 5.74) is 0.942. The van der Waals surface area contributed by atoms with Gasteiger partial charge in [-0.05, 0) is 37.0 Å². The fourth-order valence-electron chi connectivity index (χ4n) is 2.00. The maximum absolute atomic E-state index is 11.6. The van der Waals surface area contributed by atoms with Crippen LogP contribution in [0.2, 0.25) is 0 Å². The predicted octanol–water partition coefficient (Wildman–Crippen LogP) is 1.46. The van der Waals surface area contributed by atoms with Gasteiger partial charge in [-0.1, -0.05) is 6.07 Å². The summed E-state index contributed by atoms with van der Waals surface area (Å²) in [6, 6.07) is 5.76. The second-order valence-electron chi connectivity index (χ2n) is 5.19. The Kier molecular flexibility index (Phi) is 5.63. The number of aryl methyl sites for hydroxylation is 1. The van der Waals surface area contributed by atoms with Crippen LogP contribution in [0.25, 0.3) is 0 Å². The lowest BCUT2D eigenvalue weighted by molar-refractivity contribution is -0.148. The average molecular weight is 307 g/mol. The van der Waals surface area contributed by atoms with Crippen molar-refractivity contribution in [3.63, 3.8) is 0 Å². The minimum atomic E-state index is -0.388. The number of hydrogen-bond acceptors (Lipinski definition) is 5. The van der Waals surface area contributed by atoms with E-state index < -0.39 is 0 Å². The molecular formula is C16H21NO5. The van der Waals surface area contributed by atoms with Gasteiger partial charge < -0.3 is 19.5 Å². The first kappa shape index (κ1) is 16.1. The molecule has 0 unspecified atom stereocenters. The number of esters is 1. The molecule has 0 atom stereocenters. The van der Waals surface area contributed by atoms with E-state index in [1.54, 1.807) is 20.3 Å². The second-order valence-corrected chi connectivity index (χ2v) is 5.19. The van der Waals surface area contributed by atoms with Crippen LogP contribution in [0, 0.1) is 0 Å². The summed E-state index contributed by atoms with van der Waals surface area (Å²) in [6.45, 7) is -0.207. The molecule has 1 N–H and O–H groups in total. The smallest absolute Gasteiger partial charge is 0.306 e. The fraction of sp³-hybridized carbons (Fsp3) is 0.500. The number of carbonyl (C=O) groups excluding carboxylic acids is 2. The van der Waals surface area contributed by atoms with Crippen molar-refractivity contribution in [3.05, 3.63) is 23.8 Å². The van der Waals surface area contributed by atoms with Gasteiger partial charge in [-0.3, -0.25) is 9.59 Å². The van der Waals surface area contributed by atoms with Gasteiger partial charge in [0.2, 0.25) is 0 Å². The number of benzene rings is 1. The highest BCUT2D eigenvalue weighted by molar-refractivity contribution is 5.81. The lowest BCUT2D eigenvalue weighted by atomic mass is 10.1. The third-order valence-corrected chi connectivity index (χ3v) is 3.37. The third-order valence-electron chi connectivity index (χ3n) is 3.37. The Labute approximate surface area is 129 Å². The Morgan fingerprint density at radius 1 is 1.18 bits per heavy atom. The third kappa shape index (κ3) is 4.95. The molecule has 1 aliphatic rings. The van der Waals surface area contributed by atoms with Crippen molar-refractivity contribution in [2.24, 2.45) is 0 Å². The molecule has 1 amide bonds. The van der Waals surface area contributed by atoms with E-state index in [-0.39, 0.29) is 30.9 Å². The molecule has 1 saturated carbocycles. The van der Waals surface area contributed by atoms with Gasteiger partial charge in [0, 0.05) is 12.5 Å². The number of methoxy groups -OCH3 is 2. The first-order valence-corrected chi connectivity index (χ1v) is 7.28. The molecule has 1 aliphatic carbocycles. The van der Waals surface area contributed by atoms with Crippen LogP contribution in [0.15, 0.2) is 18.2 Å². The molecule has 1 fully saturated rings. The van der Waals surface area contributed by atoms with Crippen molar-refractivity contribution in [3.8, 4) is 11.5 Å². The van der Waals surface area contributed by atoms with Crippen molar-refractivity contribution in [1.29, 1.82) is 0 Å². The molecule has 6 nitrogen and oxygen atoms in total. The Bertz CT molecular complexity index is 539. The van der Waals surface area contributed by atoms with Crippen molar-refractivity contribution in [1.82, 2.24) is 5.32 Å². The van der Waals surface area contributed by atoms with Crippen LogP contribution in [0.3, 0.4) is 0 Å². The van der Waals surface area contributed by atoms with E-state index in [0.29, 0.717) is 17.9 Å². The van der Waals surface area contributed by atoms with Gasteiger partial charge in [0.25, 0.3) is 5.91 Å². The summed E-state index contributed by atoms with van der Waals surface area (Å²) in [5, 5.41) is 2.76. The molecule has 0 radical (unpaired) electrons. The highest BCUT2D eigenvalue weighted by Crippen LogP contribution is 2.27. The summed E-state index contributed by atoms with van der Waals surface area (Å²) >= 11 is 0. The van der Waals surface area contributed by atoms with Crippen LogP contribution in [0.5, 0.6) is 11.5 Å². The first-order valence-electron chi connectivity index (χ1n) is 7.28. The molecular weight excluding hydrogens is 286 g/mol. The molecule has 22 heavy (non-hydrogen) atoms. The van der Waals surface area contributed by atoms with Crippen LogP contribution >= 0.6 is 0 Å². The van der Waals surface area contributed by atoms with Crippen LogP contribution in [-0.4, -0.2) is 38.7 Å². The van der Waals surface area contributed by atoms with Crippen molar-refractivity contribution in [2.45, 2.75) is 31.7 Å². The van der Waals surface area contributed by atoms with Gasteiger partial charge in [-0.2, -0.15) is 0 Å². The summed E-state index contributed by atoms with van der Waals surface area (Å²) in [6.07, 6.45) is 2.76. The molecule has 0 heterocycles. The quantitative estimate of drug-likeness (QED) is 0.736. The number of nitrogens with one attached hydrogen (secondary N) is 1. The number of hydrogen-bond donors (Lipinski definition) is 1. The largest absolute Gasteiger partial charge is 0.493 e. The normalized spacial score (nSPS) is 13.4. The highest BCUT2D eigenvalue weighted by atomic mass is 16.5. The zero-order chi connectivity index (χ0) is 15.9. The maximum atomic E-state index is 11.6. The highest BCUT2D eigenvalue weighted by Gasteiger charge is 2.23. The van der Waals surface area contributed by atoms with Crippen LogP contribution in [0.4, 0.5) is 0 Å². The zero-order valence-corrected chi connectivity index (χ0v) is 12.9. The monoisotopic (exact) mass is 307 g/mol. The Morgan fingerprint density at radius 2 is 1.91 bits per heavy atom. The second kappa shape index (κ2) is 7.68. The van der Waals surface area contributed by atoms with Gasteiger partial charge >= 0.3 is 5.97 Å². The minimum Gasteiger partial charge on any atom is -0.493 e. The van der Waals surface area contributed by atoms with Crippen molar-refractivity contribution < 1.29 is 23.8 Å². The first-order chi connectivity index (χ1) is 10.6. The van der Waals surface area contributed by atoms with E-state index in [9.17, 15) is 9.59 Å². The topological polar surface area (TPSA) is 73.9 Å². The SMILES string of the molecule is COc1ccc(CCC(=O)OCC(=O)NC2CC2)cc1OC. The van der Waals surface area contributed by atoms with Crippen LogP contribution < -0.4 is 14.8 Å². The van der Waals surface area contributed by atoms with Crippen molar-refractivity contribution >= 4 is 11.9 Å². The van der Waals surface area contributed by atoms with Gasteiger partial charge in [-0.25, -0.2) is 0 Å². The van der Waals surface area contributed by atoms with Crippen LogP contribution in [-0.2, 0) is 20.7 Å². The van der Waals surface area contributed by atoms with Gasteiger partial charge in [0.1, 0.15) is 0 Å². The fourth-order valence-corrected chi connectivity index (χ4v) is 2.00. The Hall–Kier alpha value is -2.24. The molecule has 0 saturated heterocycles. The molecule has 0 aromatic heterocycles. The summed E-state index contributed by atoms with van der Waals surface area (Å²) in [7, 11) is 3.13. The summed E-state index contributed by atoms with van der Waals surface area (Å²) < 4.78 is 15.3. The lowest BCUT2D eigenvalue weighted by Gasteiger charge is -2.09. The maximum Gasteiger partial charge on any atom is 0.306 e. The van der Waals surface area contributed by atoms with E-state index in [1.165, 1.54) is 0 Å². The molecule has 0 spiro atoms. The molecule has 1 aromatic rings. The van der Waals surface area contributed by atoms with Crippen molar-refractivity contribution in [2.75, 3.05) is 20.8 Å². The number of rotatable bonds is 8. The van der Waals surface area contributed by atoms with Gasteiger partial charge in [0.15, 0.2) is 18.1 Å². The van der Waals surface area contributed by atoms with E-state index >= 15 is 0 Å². The zero-order valence-electron chi connectivity index (χ0n) is 12.9. The minimum absolute atomic E-state index is 0.207. The van der Waals surface area contributed by atoms with Crippen LogP contribution in [0.1, 0.15) is 24.8 Å². The molecule has 0 bridgehead atoms. The molecule has 120 valence electrons. The molecule has 6 heteroatoms. The number of carbonyl (C=O) groups is 2. The lowest BCUT2D eigenvalue weighted by Crippen LogP contribution is -2.30. The molecule has 1 aromatic carbocycles. The van der Waals surface area contributed by atoms with Gasteiger partial charge in [-0.15, -0.1) is 0 Å². The van der Waals surface area contributed by atoms with E-state index in [1.807, 2.05) is 12.1 Å². The van der Waals surface area contributed by atoms with E-state index in [2.05, 4.69) is 5.32 Å².